The summed E-state index contributed by atoms with van der Waals surface area (Å²) in [6.07, 6.45) is 5.67. The van der Waals surface area contributed by atoms with Gasteiger partial charge >= 0.3 is 6.03 Å². The molecule has 2 aromatic rings. The van der Waals surface area contributed by atoms with E-state index in [4.69, 9.17) is 10.00 Å². The third-order valence-electron chi connectivity index (χ3n) is 5.66. The van der Waals surface area contributed by atoms with Crippen molar-refractivity contribution in [3.05, 3.63) is 48.2 Å². The molecule has 1 saturated carbocycles. The number of halogens is 1. The number of carbonyl (C=O) groups excluding carboxylic acids is 2. The first-order valence-corrected chi connectivity index (χ1v) is 10.5. The summed E-state index contributed by atoms with van der Waals surface area (Å²) in [5.41, 5.74) is 0.379. The zero-order valence-electron chi connectivity index (χ0n) is 17.4. The van der Waals surface area contributed by atoms with Crippen molar-refractivity contribution in [2.75, 3.05) is 24.5 Å². The molecule has 1 aliphatic carbocycles. The van der Waals surface area contributed by atoms with Crippen molar-refractivity contribution in [3.8, 4) is 11.9 Å². The Morgan fingerprint density at radius 2 is 1.94 bits per heavy atom. The van der Waals surface area contributed by atoms with E-state index < -0.39 is 5.82 Å². The molecule has 1 aliphatic heterocycles. The van der Waals surface area contributed by atoms with Gasteiger partial charge < -0.3 is 15.0 Å². The minimum absolute atomic E-state index is 0.0139. The number of amides is 3. The molecule has 0 bridgehead atoms. The molecule has 2 fully saturated rings. The van der Waals surface area contributed by atoms with Crippen molar-refractivity contribution in [2.45, 2.75) is 37.8 Å². The fourth-order valence-corrected chi connectivity index (χ4v) is 4.04. The van der Waals surface area contributed by atoms with Crippen LogP contribution in [-0.2, 0) is 4.79 Å². The number of anilines is 1. The van der Waals surface area contributed by atoms with Crippen molar-refractivity contribution in [1.82, 2.24) is 20.2 Å². The number of nitrogens with one attached hydrogen (secondary N) is 1. The number of benzene rings is 1. The van der Waals surface area contributed by atoms with E-state index in [9.17, 15) is 14.0 Å². The standard InChI is InChI=1S/C22H23FN6O3/c23-17-3-1-2-4-19(17)29-12-11-28(22(29)31)14-20(30)27-15-5-7-16(8-6-15)32-21-18(13-24)25-9-10-26-21/h1-4,9-10,15-16H,5-8,11-12,14H2,(H,27,30). The molecule has 1 aromatic heterocycles. The Hall–Kier alpha value is -3.74. The number of rotatable bonds is 6. The van der Waals surface area contributed by atoms with Crippen LogP contribution in [0.4, 0.5) is 14.9 Å². The zero-order chi connectivity index (χ0) is 22.5. The lowest BCUT2D eigenvalue weighted by molar-refractivity contribution is -0.122. The van der Waals surface area contributed by atoms with Crippen LogP contribution >= 0.6 is 0 Å². The lowest BCUT2D eigenvalue weighted by atomic mass is 9.93. The molecule has 166 valence electrons. The maximum absolute atomic E-state index is 14.0. The Balaban J connectivity index is 1.24. The molecule has 2 aliphatic rings. The number of hydrogen-bond acceptors (Lipinski definition) is 6. The van der Waals surface area contributed by atoms with Gasteiger partial charge in [0.05, 0.1) is 5.69 Å². The van der Waals surface area contributed by atoms with Gasteiger partial charge in [-0.1, -0.05) is 12.1 Å². The Bertz CT molecular complexity index is 1030. The predicted octanol–water partition coefficient (Wildman–Crippen LogP) is 2.24. The number of para-hydroxylation sites is 1. The smallest absolute Gasteiger partial charge is 0.325 e. The number of urea groups is 1. The highest BCUT2D eigenvalue weighted by molar-refractivity contribution is 5.96. The lowest BCUT2D eigenvalue weighted by Gasteiger charge is -2.29. The second kappa shape index (κ2) is 9.60. The van der Waals surface area contributed by atoms with Crippen LogP contribution in [0, 0.1) is 17.1 Å². The summed E-state index contributed by atoms with van der Waals surface area (Å²) in [5.74, 6) is -0.470. The molecule has 32 heavy (non-hydrogen) atoms. The van der Waals surface area contributed by atoms with Gasteiger partial charge in [-0.2, -0.15) is 5.26 Å². The van der Waals surface area contributed by atoms with Gasteiger partial charge in [-0.25, -0.2) is 19.2 Å². The maximum atomic E-state index is 14.0. The van der Waals surface area contributed by atoms with Crippen molar-refractivity contribution in [2.24, 2.45) is 0 Å². The predicted molar refractivity (Wildman–Crippen MR) is 112 cm³/mol. The monoisotopic (exact) mass is 438 g/mol. The van der Waals surface area contributed by atoms with Crippen LogP contribution in [0.25, 0.3) is 0 Å². The summed E-state index contributed by atoms with van der Waals surface area (Å²) < 4.78 is 19.8. The van der Waals surface area contributed by atoms with E-state index in [0.29, 0.717) is 38.8 Å². The number of carbonyl (C=O) groups is 2. The molecule has 3 amide bonds. The largest absolute Gasteiger partial charge is 0.472 e. The number of hydrogen-bond donors (Lipinski definition) is 1. The molecule has 1 saturated heterocycles. The number of aromatic nitrogens is 2. The maximum Gasteiger partial charge on any atom is 0.325 e. The molecule has 0 unspecified atom stereocenters. The minimum Gasteiger partial charge on any atom is -0.472 e. The molecule has 10 heteroatoms. The SMILES string of the molecule is N#Cc1nccnc1OC1CCC(NC(=O)CN2CCN(c3ccccc3F)C2=O)CC1. The number of nitrogens with zero attached hydrogens (tertiary/aromatic N) is 5. The van der Waals surface area contributed by atoms with E-state index in [-0.39, 0.29) is 47.9 Å². The van der Waals surface area contributed by atoms with Gasteiger partial charge in [0.25, 0.3) is 5.88 Å². The fraction of sp³-hybridized carbons (Fsp3) is 0.409. The van der Waals surface area contributed by atoms with Crippen LogP contribution in [0.2, 0.25) is 0 Å². The third kappa shape index (κ3) is 4.77. The number of nitriles is 1. The second-order valence-electron chi connectivity index (χ2n) is 7.79. The van der Waals surface area contributed by atoms with Gasteiger partial charge in [0.2, 0.25) is 11.6 Å². The van der Waals surface area contributed by atoms with Crippen molar-refractivity contribution >= 4 is 17.6 Å². The summed E-state index contributed by atoms with van der Waals surface area (Å²) in [7, 11) is 0. The number of ether oxygens (including phenoxy) is 1. The van der Waals surface area contributed by atoms with Crippen molar-refractivity contribution < 1.29 is 18.7 Å². The molecular weight excluding hydrogens is 415 g/mol. The van der Waals surface area contributed by atoms with Crippen LogP contribution in [0.1, 0.15) is 31.4 Å². The average molecular weight is 438 g/mol. The molecule has 0 atom stereocenters. The average Bonchev–Trinajstić information content (AvgIpc) is 3.15. The van der Waals surface area contributed by atoms with E-state index >= 15 is 0 Å². The van der Waals surface area contributed by atoms with E-state index in [2.05, 4.69) is 15.3 Å². The van der Waals surface area contributed by atoms with Crippen molar-refractivity contribution in [3.63, 3.8) is 0 Å². The Labute approximate surface area is 184 Å². The molecule has 0 spiro atoms. The minimum atomic E-state index is -0.463. The van der Waals surface area contributed by atoms with Crippen LogP contribution < -0.4 is 15.0 Å². The highest BCUT2D eigenvalue weighted by atomic mass is 19.1. The van der Waals surface area contributed by atoms with E-state index in [0.717, 1.165) is 0 Å². The summed E-state index contributed by atoms with van der Waals surface area (Å²) >= 11 is 0. The normalized spacial score (nSPS) is 20.7. The highest BCUT2D eigenvalue weighted by Crippen LogP contribution is 2.25. The highest BCUT2D eigenvalue weighted by Gasteiger charge is 2.33. The summed E-state index contributed by atoms with van der Waals surface area (Å²) in [4.78, 5) is 35.9. The Kier molecular flexibility index (Phi) is 6.44. The van der Waals surface area contributed by atoms with E-state index in [1.807, 2.05) is 6.07 Å². The molecule has 0 radical (unpaired) electrons. The Morgan fingerprint density at radius 1 is 1.19 bits per heavy atom. The lowest BCUT2D eigenvalue weighted by Crippen LogP contribution is -2.45. The first kappa shape index (κ1) is 21.5. The topological polar surface area (TPSA) is 111 Å². The van der Waals surface area contributed by atoms with Crippen LogP contribution in [0.15, 0.2) is 36.7 Å². The first-order valence-electron chi connectivity index (χ1n) is 10.5. The van der Waals surface area contributed by atoms with Gasteiger partial charge in [0.1, 0.15) is 24.5 Å². The first-order chi connectivity index (χ1) is 15.5. The second-order valence-corrected chi connectivity index (χ2v) is 7.79. The molecule has 1 N–H and O–H groups in total. The summed E-state index contributed by atoms with van der Waals surface area (Å²) in [6.45, 7) is 0.633. The molecule has 1 aromatic carbocycles. The quantitative estimate of drug-likeness (QED) is 0.740. The van der Waals surface area contributed by atoms with Gasteiger partial charge in [-0.3, -0.25) is 9.69 Å². The molecular formula is C22H23FN6O3. The van der Waals surface area contributed by atoms with E-state index in [1.165, 1.54) is 28.3 Å². The van der Waals surface area contributed by atoms with Gasteiger partial charge in [0, 0.05) is 31.5 Å². The van der Waals surface area contributed by atoms with Gasteiger partial charge in [-0.05, 0) is 37.8 Å². The van der Waals surface area contributed by atoms with Crippen LogP contribution in [-0.4, -0.2) is 58.6 Å². The molecule has 2 heterocycles. The molecule has 9 nitrogen and oxygen atoms in total. The van der Waals surface area contributed by atoms with E-state index in [1.54, 1.807) is 18.2 Å². The summed E-state index contributed by atoms with van der Waals surface area (Å²) in [5, 5.41) is 12.1. The van der Waals surface area contributed by atoms with Crippen molar-refractivity contribution in [1.29, 1.82) is 5.26 Å². The molecule has 4 rings (SSSR count). The van der Waals surface area contributed by atoms with Gasteiger partial charge in [0.15, 0.2) is 0 Å². The Morgan fingerprint density at radius 3 is 2.69 bits per heavy atom. The zero-order valence-corrected chi connectivity index (χ0v) is 17.4. The van der Waals surface area contributed by atoms with Crippen LogP contribution in [0.3, 0.4) is 0 Å². The third-order valence-corrected chi connectivity index (χ3v) is 5.66. The fourth-order valence-electron chi connectivity index (χ4n) is 4.04. The summed E-state index contributed by atoms with van der Waals surface area (Å²) in [6, 6.07) is 7.68. The van der Waals surface area contributed by atoms with Crippen LogP contribution in [0.5, 0.6) is 5.88 Å². The van der Waals surface area contributed by atoms with Gasteiger partial charge in [-0.15, -0.1) is 0 Å².